The fourth-order valence-electron chi connectivity index (χ4n) is 3.68. The van der Waals surface area contributed by atoms with Crippen molar-refractivity contribution < 1.29 is 0 Å². The average molecular weight is 215 g/mol. The van der Waals surface area contributed by atoms with Crippen molar-refractivity contribution in [1.82, 2.24) is 0 Å². The van der Waals surface area contributed by atoms with Gasteiger partial charge < -0.3 is 5.73 Å². The van der Waals surface area contributed by atoms with E-state index in [0.717, 1.165) is 17.8 Å². The maximum Gasteiger partial charge on any atom is 0.0329 e. The normalized spacial score (nSPS) is 34.2. The molecule has 3 unspecified atom stereocenters. The number of benzene rings is 1. The Bertz CT molecular complexity index is 373. The van der Waals surface area contributed by atoms with E-state index in [9.17, 15) is 0 Å². The highest BCUT2D eigenvalue weighted by molar-refractivity contribution is 5.27. The van der Waals surface area contributed by atoms with Gasteiger partial charge in [-0.2, -0.15) is 0 Å². The van der Waals surface area contributed by atoms with E-state index in [0.29, 0.717) is 0 Å². The van der Waals surface area contributed by atoms with Gasteiger partial charge in [-0.15, -0.1) is 0 Å². The first kappa shape index (κ1) is 10.3. The largest absolute Gasteiger partial charge is 0.324 e. The summed E-state index contributed by atoms with van der Waals surface area (Å²) in [5.41, 5.74) is 9.11. The molecular formula is C15H21N. The smallest absolute Gasteiger partial charge is 0.0329 e. The van der Waals surface area contributed by atoms with Crippen LogP contribution in [-0.4, -0.2) is 0 Å². The van der Waals surface area contributed by atoms with E-state index < -0.39 is 0 Å². The summed E-state index contributed by atoms with van der Waals surface area (Å²) in [6.07, 6.45) is 5.71. The summed E-state index contributed by atoms with van der Waals surface area (Å²) in [6, 6.07) is 9.02. The molecule has 3 rings (SSSR count). The Morgan fingerprint density at radius 2 is 1.88 bits per heavy atom. The fourth-order valence-corrected chi connectivity index (χ4v) is 3.68. The highest BCUT2D eigenvalue weighted by atomic mass is 14.7. The van der Waals surface area contributed by atoms with Crippen LogP contribution in [0.25, 0.3) is 0 Å². The van der Waals surface area contributed by atoms with Crippen LogP contribution < -0.4 is 5.73 Å². The Kier molecular flexibility index (Phi) is 2.51. The summed E-state index contributed by atoms with van der Waals surface area (Å²) in [7, 11) is 0. The van der Waals surface area contributed by atoms with Gasteiger partial charge in [-0.1, -0.05) is 42.7 Å². The highest BCUT2D eigenvalue weighted by Gasteiger charge is 2.53. The molecule has 0 saturated heterocycles. The van der Waals surface area contributed by atoms with E-state index >= 15 is 0 Å². The van der Waals surface area contributed by atoms with Crippen LogP contribution in [0.5, 0.6) is 0 Å². The zero-order valence-electron chi connectivity index (χ0n) is 10.0. The zero-order valence-corrected chi connectivity index (χ0v) is 10.0. The Labute approximate surface area is 98.0 Å². The quantitative estimate of drug-likeness (QED) is 0.803. The lowest BCUT2D eigenvalue weighted by molar-refractivity contribution is 0.480. The van der Waals surface area contributed by atoms with Crippen molar-refractivity contribution >= 4 is 0 Å². The van der Waals surface area contributed by atoms with Gasteiger partial charge in [0.05, 0.1) is 0 Å². The maximum atomic E-state index is 6.43. The minimum atomic E-state index is 0.285. The van der Waals surface area contributed by atoms with E-state index in [-0.39, 0.29) is 6.04 Å². The summed E-state index contributed by atoms with van der Waals surface area (Å²) in [5, 5.41) is 0. The van der Waals surface area contributed by atoms with Gasteiger partial charge in [0.25, 0.3) is 0 Å². The molecule has 86 valence electrons. The number of nitrogens with two attached hydrogens (primary N) is 1. The van der Waals surface area contributed by atoms with Crippen LogP contribution in [0, 0.1) is 24.7 Å². The monoisotopic (exact) mass is 215 g/mol. The minimum Gasteiger partial charge on any atom is -0.324 e. The lowest BCUT2D eigenvalue weighted by atomic mass is 9.99. The van der Waals surface area contributed by atoms with Crippen LogP contribution in [0.15, 0.2) is 24.3 Å². The molecule has 1 aromatic carbocycles. The van der Waals surface area contributed by atoms with Crippen molar-refractivity contribution in [3.63, 3.8) is 0 Å². The van der Waals surface area contributed by atoms with E-state index in [1.807, 2.05) is 0 Å². The molecule has 0 radical (unpaired) electrons. The summed E-state index contributed by atoms with van der Waals surface area (Å²) in [5.74, 6) is 2.68. The summed E-state index contributed by atoms with van der Waals surface area (Å²) in [4.78, 5) is 0. The number of hydrogen-bond donors (Lipinski definition) is 1. The molecule has 0 spiro atoms. The number of fused-ring (bicyclic) bond motifs is 1. The topological polar surface area (TPSA) is 26.0 Å². The second-order valence-corrected chi connectivity index (χ2v) is 5.63. The fraction of sp³-hybridized carbons (Fsp3) is 0.600. The molecule has 2 fully saturated rings. The third-order valence-electron chi connectivity index (χ3n) is 4.56. The molecule has 3 atom stereocenters. The number of rotatable bonds is 2. The van der Waals surface area contributed by atoms with E-state index in [1.165, 1.54) is 36.8 Å². The highest BCUT2D eigenvalue weighted by Crippen LogP contribution is 2.59. The molecule has 16 heavy (non-hydrogen) atoms. The van der Waals surface area contributed by atoms with Crippen LogP contribution in [0.3, 0.4) is 0 Å². The van der Waals surface area contributed by atoms with Crippen LogP contribution in [0.2, 0.25) is 0 Å². The van der Waals surface area contributed by atoms with Crippen molar-refractivity contribution in [2.24, 2.45) is 23.5 Å². The molecular weight excluding hydrogens is 194 g/mol. The van der Waals surface area contributed by atoms with Gasteiger partial charge >= 0.3 is 0 Å². The first-order chi connectivity index (χ1) is 7.77. The van der Waals surface area contributed by atoms with Gasteiger partial charge in [0.1, 0.15) is 0 Å². The minimum absolute atomic E-state index is 0.285. The van der Waals surface area contributed by atoms with Gasteiger partial charge in [-0.05, 0) is 43.1 Å². The van der Waals surface area contributed by atoms with Crippen LogP contribution >= 0.6 is 0 Å². The molecule has 0 aliphatic heterocycles. The number of hydrogen-bond acceptors (Lipinski definition) is 1. The lowest BCUT2D eigenvalue weighted by Crippen LogP contribution is -2.14. The van der Waals surface area contributed by atoms with Crippen molar-refractivity contribution in [3.8, 4) is 0 Å². The summed E-state index contributed by atoms with van der Waals surface area (Å²) in [6.45, 7) is 2.15. The Balaban J connectivity index is 1.76. The molecule has 2 aliphatic rings. The third-order valence-corrected chi connectivity index (χ3v) is 4.56. The van der Waals surface area contributed by atoms with Crippen LogP contribution in [0.1, 0.15) is 42.9 Å². The van der Waals surface area contributed by atoms with Crippen LogP contribution in [-0.2, 0) is 0 Å². The molecule has 0 bridgehead atoms. The van der Waals surface area contributed by atoms with E-state index in [4.69, 9.17) is 5.73 Å². The van der Waals surface area contributed by atoms with Gasteiger partial charge in [0.2, 0.25) is 0 Å². The summed E-state index contributed by atoms with van der Waals surface area (Å²) < 4.78 is 0. The Morgan fingerprint density at radius 3 is 2.50 bits per heavy atom. The average Bonchev–Trinajstić information content (AvgIpc) is 3.02. The lowest BCUT2D eigenvalue weighted by Gasteiger charge is -2.12. The summed E-state index contributed by atoms with van der Waals surface area (Å²) >= 11 is 0. The number of aryl methyl sites for hydroxylation is 1. The van der Waals surface area contributed by atoms with Crippen molar-refractivity contribution in [1.29, 1.82) is 0 Å². The van der Waals surface area contributed by atoms with Crippen molar-refractivity contribution in [3.05, 3.63) is 35.4 Å². The first-order valence-corrected chi connectivity index (χ1v) is 6.59. The van der Waals surface area contributed by atoms with E-state index in [2.05, 4.69) is 31.2 Å². The molecule has 1 heteroatoms. The van der Waals surface area contributed by atoms with E-state index in [1.54, 1.807) is 0 Å². The maximum absolute atomic E-state index is 6.43. The van der Waals surface area contributed by atoms with Gasteiger partial charge in [0, 0.05) is 6.04 Å². The second-order valence-electron chi connectivity index (χ2n) is 5.63. The van der Waals surface area contributed by atoms with Gasteiger partial charge in [-0.25, -0.2) is 0 Å². The predicted octanol–water partition coefficient (Wildman–Crippen LogP) is 3.43. The Hall–Kier alpha value is -0.820. The molecule has 1 aromatic rings. The molecule has 2 saturated carbocycles. The molecule has 0 heterocycles. The van der Waals surface area contributed by atoms with Crippen molar-refractivity contribution in [2.75, 3.05) is 0 Å². The Morgan fingerprint density at radius 1 is 1.19 bits per heavy atom. The first-order valence-electron chi connectivity index (χ1n) is 6.59. The SMILES string of the molecule is Cc1cccc(C(N)C2C3CCCCC32)c1. The zero-order chi connectivity index (χ0) is 11.1. The van der Waals surface area contributed by atoms with Crippen molar-refractivity contribution in [2.45, 2.75) is 38.6 Å². The molecule has 2 N–H and O–H groups in total. The third kappa shape index (κ3) is 1.67. The van der Waals surface area contributed by atoms with Gasteiger partial charge in [0.15, 0.2) is 0 Å². The van der Waals surface area contributed by atoms with Crippen LogP contribution in [0.4, 0.5) is 0 Å². The molecule has 2 aliphatic carbocycles. The van der Waals surface area contributed by atoms with Gasteiger partial charge in [-0.3, -0.25) is 0 Å². The molecule has 0 aromatic heterocycles. The second kappa shape index (κ2) is 3.89. The standard InChI is InChI=1S/C15H21N/c1-10-5-4-6-11(9-10)15(16)14-12-7-2-3-8-13(12)14/h4-6,9,12-15H,2-3,7-8,16H2,1H3. The predicted molar refractivity (Wildman–Crippen MR) is 67.0 cm³/mol. The molecule has 1 nitrogen and oxygen atoms in total. The molecule has 0 amide bonds.